The molecule has 0 heterocycles. The van der Waals surface area contributed by atoms with Crippen molar-refractivity contribution >= 4 is 23.9 Å². The minimum atomic E-state index is -1.21. The van der Waals surface area contributed by atoms with Crippen LogP contribution in [-0.4, -0.2) is 88.3 Å². The Morgan fingerprint density at radius 1 is 0.731 bits per heavy atom. The highest BCUT2D eigenvalue weighted by Crippen LogP contribution is 2.08. The smallest absolute Gasteiger partial charge is 0.325 e. The first kappa shape index (κ1) is 21.1. The van der Waals surface area contributed by atoms with Crippen LogP contribution in [0.1, 0.15) is 0 Å². The van der Waals surface area contributed by atoms with Crippen LogP contribution >= 0.6 is 0 Å². The SMILES string of the molecule is O=C(O)CN(CCN(CC(=O)O)CC(=O)Oc1ccccc1)CC(=O)O. The molecule has 0 saturated heterocycles. The molecular formula is C16H20N2O8. The summed E-state index contributed by atoms with van der Waals surface area (Å²) in [7, 11) is 0. The lowest BCUT2D eigenvalue weighted by molar-refractivity contribution is -0.144. The average molecular weight is 368 g/mol. The molecule has 0 bridgehead atoms. The Morgan fingerprint density at radius 3 is 1.58 bits per heavy atom. The van der Waals surface area contributed by atoms with E-state index in [-0.39, 0.29) is 19.6 Å². The largest absolute Gasteiger partial charge is 0.480 e. The van der Waals surface area contributed by atoms with Crippen LogP contribution in [0.2, 0.25) is 0 Å². The van der Waals surface area contributed by atoms with Crippen molar-refractivity contribution in [1.29, 1.82) is 0 Å². The number of ether oxygens (including phenoxy) is 1. The summed E-state index contributed by atoms with van der Waals surface area (Å²) < 4.78 is 5.09. The van der Waals surface area contributed by atoms with Gasteiger partial charge in [-0.15, -0.1) is 0 Å². The number of benzene rings is 1. The van der Waals surface area contributed by atoms with Gasteiger partial charge < -0.3 is 20.1 Å². The van der Waals surface area contributed by atoms with Crippen molar-refractivity contribution in [3.8, 4) is 5.75 Å². The van der Waals surface area contributed by atoms with Gasteiger partial charge >= 0.3 is 23.9 Å². The standard InChI is InChI=1S/C16H20N2O8/c19-13(20)8-17(9-14(21)22)6-7-18(10-15(23)24)11-16(25)26-12-4-2-1-3-5-12/h1-5H,6-11H2,(H,19,20)(H,21,22)(H,23,24). The predicted molar refractivity (Wildman–Crippen MR) is 87.9 cm³/mol. The molecule has 0 aliphatic carbocycles. The number of nitrogens with zero attached hydrogens (tertiary/aromatic N) is 2. The van der Waals surface area contributed by atoms with Gasteiger partial charge in [0.25, 0.3) is 0 Å². The Balaban J connectivity index is 2.63. The first-order valence-electron chi connectivity index (χ1n) is 7.62. The van der Waals surface area contributed by atoms with Gasteiger partial charge in [0.1, 0.15) is 5.75 Å². The maximum atomic E-state index is 11.9. The molecule has 142 valence electrons. The first-order chi connectivity index (χ1) is 12.3. The molecule has 0 aliphatic rings. The van der Waals surface area contributed by atoms with Crippen molar-refractivity contribution in [2.24, 2.45) is 0 Å². The highest BCUT2D eigenvalue weighted by Gasteiger charge is 2.19. The van der Waals surface area contributed by atoms with Crippen LogP contribution in [0.25, 0.3) is 0 Å². The molecule has 0 amide bonds. The lowest BCUT2D eigenvalue weighted by atomic mass is 10.3. The van der Waals surface area contributed by atoms with E-state index < -0.39 is 43.5 Å². The second-order valence-corrected chi connectivity index (χ2v) is 5.39. The van der Waals surface area contributed by atoms with E-state index in [0.29, 0.717) is 5.75 Å². The molecule has 0 aliphatic heterocycles. The molecule has 3 N–H and O–H groups in total. The summed E-state index contributed by atoms with van der Waals surface area (Å²) in [5.41, 5.74) is 0. The van der Waals surface area contributed by atoms with Crippen LogP contribution in [0, 0.1) is 0 Å². The van der Waals surface area contributed by atoms with Gasteiger partial charge in [-0.2, -0.15) is 0 Å². The zero-order valence-electron chi connectivity index (χ0n) is 13.9. The summed E-state index contributed by atoms with van der Waals surface area (Å²) in [5, 5.41) is 26.5. The van der Waals surface area contributed by atoms with E-state index in [0.717, 1.165) is 4.90 Å². The molecule has 26 heavy (non-hydrogen) atoms. The third-order valence-corrected chi connectivity index (χ3v) is 3.14. The zero-order valence-corrected chi connectivity index (χ0v) is 13.9. The summed E-state index contributed by atoms with van der Waals surface area (Å²) in [4.78, 5) is 46.8. The fraction of sp³-hybridized carbons (Fsp3) is 0.375. The summed E-state index contributed by atoms with van der Waals surface area (Å²) in [5.74, 6) is -3.97. The molecule has 1 rings (SSSR count). The van der Waals surface area contributed by atoms with Gasteiger partial charge in [0, 0.05) is 13.1 Å². The number of esters is 1. The monoisotopic (exact) mass is 368 g/mol. The Labute approximate surface area is 149 Å². The number of carboxylic acid groups (broad SMARTS) is 3. The van der Waals surface area contributed by atoms with Gasteiger partial charge in [-0.25, -0.2) is 0 Å². The van der Waals surface area contributed by atoms with Gasteiger partial charge in [0.15, 0.2) is 0 Å². The predicted octanol–water partition coefficient (Wildman–Crippen LogP) is -0.550. The summed E-state index contributed by atoms with van der Waals surface area (Å²) in [6.45, 7) is -1.89. The van der Waals surface area contributed by atoms with E-state index in [4.69, 9.17) is 20.1 Å². The number of carbonyl (C=O) groups is 4. The number of hydrogen-bond acceptors (Lipinski definition) is 7. The summed E-state index contributed by atoms with van der Waals surface area (Å²) in [6, 6.07) is 8.23. The average Bonchev–Trinajstić information content (AvgIpc) is 2.51. The fourth-order valence-corrected chi connectivity index (χ4v) is 2.12. The van der Waals surface area contributed by atoms with Crippen LogP contribution in [-0.2, 0) is 19.2 Å². The summed E-state index contributed by atoms with van der Waals surface area (Å²) >= 11 is 0. The van der Waals surface area contributed by atoms with Crippen LogP contribution in [0.4, 0.5) is 0 Å². The molecule has 0 aromatic heterocycles. The highest BCUT2D eigenvalue weighted by atomic mass is 16.5. The number of aliphatic carboxylic acids is 3. The Kier molecular flexibility index (Phi) is 8.75. The molecular weight excluding hydrogens is 348 g/mol. The molecule has 0 spiro atoms. The van der Waals surface area contributed by atoms with Crippen LogP contribution in [0.15, 0.2) is 30.3 Å². The molecule has 0 saturated carbocycles. The molecule has 0 atom stereocenters. The van der Waals surface area contributed by atoms with E-state index in [1.807, 2.05) is 0 Å². The minimum Gasteiger partial charge on any atom is -0.480 e. The Bertz CT molecular complexity index is 618. The number of carbonyl (C=O) groups excluding carboxylic acids is 1. The molecule has 10 nitrogen and oxygen atoms in total. The van der Waals surface area contributed by atoms with Gasteiger partial charge in [-0.05, 0) is 12.1 Å². The number of para-hydroxylation sites is 1. The van der Waals surface area contributed by atoms with E-state index in [9.17, 15) is 19.2 Å². The topological polar surface area (TPSA) is 145 Å². The number of carboxylic acids is 3. The number of rotatable bonds is 12. The van der Waals surface area contributed by atoms with Crippen molar-refractivity contribution in [2.75, 3.05) is 39.3 Å². The van der Waals surface area contributed by atoms with Crippen LogP contribution in [0.5, 0.6) is 5.75 Å². The van der Waals surface area contributed by atoms with Gasteiger partial charge in [0.05, 0.1) is 26.2 Å². The van der Waals surface area contributed by atoms with E-state index in [1.54, 1.807) is 30.3 Å². The normalized spacial score (nSPS) is 10.7. The Hall–Kier alpha value is -2.98. The van der Waals surface area contributed by atoms with Gasteiger partial charge in [-0.1, -0.05) is 18.2 Å². The lowest BCUT2D eigenvalue weighted by Gasteiger charge is -2.24. The lowest BCUT2D eigenvalue weighted by Crippen LogP contribution is -2.43. The van der Waals surface area contributed by atoms with Gasteiger partial charge in [0.2, 0.25) is 0 Å². The highest BCUT2D eigenvalue weighted by molar-refractivity contribution is 5.76. The maximum Gasteiger partial charge on any atom is 0.325 e. The van der Waals surface area contributed by atoms with Crippen molar-refractivity contribution in [2.45, 2.75) is 0 Å². The third kappa shape index (κ3) is 9.35. The number of hydrogen-bond donors (Lipinski definition) is 3. The van der Waals surface area contributed by atoms with Crippen molar-refractivity contribution in [3.05, 3.63) is 30.3 Å². The quantitative estimate of drug-likeness (QED) is 0.324. The van der Waals surface area contributed by atoms with Crippen molar-refractivity contribution in [1.82, 2.24) is 9.80 Å². The first-order valence-corrected chi connectivity index (χ1v) is 7.62. The Morgan fingerprint density at radius 2 is 1.15 bits per heavy atom. The second-order valence-electron chi connectivity index (χ2n) is 5.39. The minimum absolute atomic E-state index is 0.0171. The van der Waals surface area contributed by atoms with E-state index >= 15 is 0 Å². The van der Waals surface area contributed by atoms with E-state index in [1.165, 1.54) is 4.90 Å². The zero-order chi connectivity index (χ0) is 19.5. The molecule has 1 aromatic carbocycles. The maximum absolute atomic E-state index is 11.9. The summed E-state index contributed by atoms with van der Waals surface area (Å²) in [6.07, 6.45) is 0. The molecule has 1 aromatic rings. The van der Waals surface area contributed by atoms with Crippen molar-refractivity contribution < 1.29 is 39.2 Å². The van der Waals surface area contributed by atoms with Gasteiger partial charge in [-0.3, -0.25) is 29.0 Å². The van der Waals surface area contributed by atoms with E-state index in [2.05, 4.69) is 0 Å². The second kappa shape index (κ2) is 10.8. The van der Waals surface area contributed by atoms with Crippen molar-refractivity contribution in [3.63, 3.8) is 0 Å². The molecule has 0 fully saturated rings. The van der Waals surface area contributed by atoms with Crippen LogP contribution < -0.4 is 4.74 Å². The molecule has 0 unspecified atom stereocenters. The third-order valence-electron chi connectivity index (χ3n) is 3.14. The van der Waals surface area contributed by atoms with Crippen LogP contribution in [0.3, 0.4) is 0 Å². The molecule has 0 radical (unpaired) electrons. The molecule has 10 heteroatoms. The fourth-order valence-electron chi connectivity index (χ4n) is 2.12.